The van der Waals surface area contributed by atoms with Crippen molar-refractivity contribution < 1.29 is 14.1 Å². The summed E-state index contributed by atoms with van der Waals surface area (Å²) in [6, 6.07) is 0. The Morgan fingerprint density at radius 1 is 1.57 bits per heavy atom. The highest BCUT2D eigenvalue weighted by molar-refractivity contribution is 7.13. The van der Waals surface area contributed by atoms with Gasteiger partial charge in [0, 0.05) is 6.54 Å². The summed E-state index contributed by atoms with van der Waals surface area (Å²) in [5.74, 6) is 0.987. The second-order valence-electron chi connectivity index (χ2n) is 5.61. The van der Waals surface area contributed by atoms with Gasteiger partial charge in [-0.1, -0.05) is 5.16 Å². The minimum Gasteiger partial charge on any atom is -0.466 e. The molecule has 0 radical (unpaired) electrons. The number of thiazole rings is 1. The van der Waals surface area contributed by atoms with Crippen LogP contribution in [0.15, 0.2) is 10.0 Å². The van der Waals surface area contributed by atoms with Gasteiger partial charge >= 0.3 is 5.97 Å². The van der Waals surface area contributed by atoms with E-state index in [0.29, 0.717) is 31.4 Å². The van der Waals surface area contributed by atoms with Gasteiger partial charge in [-0.25, -0.2) is 4.98 Å². The molecule has 2 aromatic heterocycles. The number of piperidine rings is 1. The van der Waals surface area contributed by atoms with Crippen molar-refractivity contribution in [2.45, 2.75) is 33.2 Å². The molecule has 3 heterocycles. The topological polar surface area (TPSA) is 81.4 Å². The van der Waals surface area contributed by atoms with Gasteiger partial charge in [0.15, 0.2) is 5.82 Å². The van der Waals surface area contributed by atoms with Crippen LogP contribution in [0.5, 0.6) is 0 Å². The first-order valence-corrected chi connectivity index (χ1v) is 8.67. The number of ether oxygens (including phenoxy) is 1. The lowest BCUT2D eigenvalue weighted by Crippen LogP contribution is -2.39. The van der Waals surface area contributed by atoms with Crippen molar-refractivity contribution in [3.8, 4) is 10.8 Å². The lowest BCUT2D eigenvalue weighted by atomic mass is 9.98. The van der Waals surface area contributed by atoms with Crippen LogP contribution < -0.4 is 0 Å². The number of esters is 1. The van der Waals surface area contributed by atoms with E-state index in [-0.39, 0.29) is 11.9 Å². The van der Waals surface area contributed by atoms with E-state index in [0.717, 1.165) is 30.0 Å². The zero-order valence-corrected chi connectivity index (χ0v) is 14.1. The highest BCUT2D eigenvalue weighted by Gasteiger charge is 2.27. The molecule has 1 atom stereocenters. The molecule has 1 saturated heterocycles. The van der Waals surface area contributed by atoms with E-state index in [1.165, 1.54) is 11.3 Å². The van der Waals surface area contributed by atoms with Crippen molar-refractivity contribution in [1.82, 2.24) is 20.0 Å². The molecule has 1 unspecified atom stereocenters. The predicted molar refractivity (Wildman–Crippen MR) is 84.8 cm³/mol. The summed E-state index contributed by atoms with van der Waals surface area (Å²) in [7, 11) is 0. The van der Waals surface area contributed by atoms with Gasteiger partial charge in [-0.15, -0.1) is 11.3 Å². The summed E-state index contributed by atoms with van der Waals surface area (Å²) in [6.07, 6.45) is 1.86. The van der Waals surface area contributed by atoms with Gasteiger partial charge in [0.2, 0.25) is 0 Å². The van der Waals surface area contributed by atoms with E-state index >= 15 is 0 Å². The SMILES string of the molecule is CCOC(=O)C1CCCN(Cc2noc(-c3scnc3C)n2)C1. The van der Waals surface area contributed by atoms with Gasteiger partial charge in [0.1, 0.15) is 4.88 Å². The number of aromatic nitrogens is 3. The Labute approximate surface area is 138 Å². The van der Waals surface area contributed by atoms with Gasteiger partial charge in [-0.2, -0.15) is 4.98 Å². The lowest BCUT2D eigenvalue weighted by molar-refractivity contribution is -0.150. The van der Waals surface area contributed by atoms with Gasteiger partial charge in [0.05, 0.1) is 30.3 Å². The van der Waals surface area contributed by atoms with Crippen molar-refractivity contribution >= 4 is 17.3 Å². The predicted octanol–water partition coefficient (Wildman–Crippen LogP) is 2.28. The van der Waals surface area contributed by atoms with Crippen molar-refractivity contribution in [3.63, 3.8) is 0 Å². The van der Waals surface area contributed by atoms with Crippen LogP contribution in [0.4, 0.5) is 0 Å². The van der Waals surface area contributed by atoms with Crippen LogP contribution in [-0.2, 0) is 16.1 Å². The molecule has 0 spiro atoms. The minimum atomic E-state index is -0.105. The van der Waals surface area contributed by atoms with Gasteiger partial charge < -0.3 is 9.26 Å². The monoisotopic (exact) mass is 336 g/mol. The zero-order valence-electron chi connectivity index (χ0n) is 13.3. The van der Waals surface area contributed by atoms with Crippen LogP contribution in [-0.4, -0.2) is 45.7 Å². The maximum atomic E-state index is 11.9. The largest absolute Gasteiger partial charge is 0.466 e. The fourth-order valence-corrected chi connectivity index (χ4v) is 3.49. The molecular weight excluding hydrogens is 316 g/mol. The molecule has 0 aliphatic carbocycles. The third-order valence-electron chi connectivity index (χ3n) is 3.90. The highest BCUT2D eigenvalue weighted by Crippen LogP contribution is 2.26. The van der Waals surface area contributed by atoms with Crippen molar-refractivity contribution in [3.05, 3.63) is 17.0 Å². The number of carbonyl (C=O) groups is 1. The fraction of sp³-hybridized carbons (Fsp3) is 0.600. The summed E-state index contributed by atoms with van der Waals surface area (Å²) < 4.78 is 10.5. The average molecular weight is 336 g/mol. The first kappa shape index (κ1) is 16.1. The Kier molecular flexibility index (Phi) is 5.02. The molecular formula is C15H20N4O3S. The molecule has 124 valence electrons. The molecule has 8 heteroatoms. The average Bonchev–Trinajstić information content (AvgIpc) is 3.16. The molecule has 0 N–H and O–H groups in total. The van der Waals surface area contributed by atoms with Gasteiger partial charge in [-0.05, 0) is 33.2 Å². The van der Waals surface area contributed by atoms with E-state index in [4.69, 9.17) is 9.26 Å². The summed E-state index contributed by atoms with van der Waals surface area (Å²) in [6.45, 7) is 6.38. The van der Waals surface area contributed by atoms with Crippen molar-refractivity contribution in [2.24, 2.45) is 5.92 Å². The van der Waals surface area contributed by atoms with Crippen LogP contribution in [0.25, 0.3) is 10.8 Å². The summed E-state index contributed by atoms with van der Waals surface area (Å²) in [4.78, 5) is 23.6. The highest BCUT2D eigenvalue weighted by atomic mass is 32.1. The first-order valence-electron chi connectivity index (χ1n) is 7.79. The van der Waals surface area contributed by atoms with Crippen LogP contribution >= 0.6 is 11.3 Å². The molecule has 0 aromatic carbocycles. The second-order valence-corrected chi connectivity index (χ2v) is 6.46. The smallest absolute Gasteiger partial charge is 0.310 e. The molecule has 0 amide bonds. The molecule has 1 aliphatic heterocycles. The molecule has 7 nitrogen and oxygen atoms in total. The van der Waals surface area contributed by atoms with Crippen molar-refractivity contribution in [2.75, 3.05) is 19.7 Å². The molecule has 23 heavy (non-hydrogen) atoms. The number of aryl methyl sites for hydroxylation is 1. The fourth-order valence-electron chi connectivity index (χ4n) is 2.77. The summed E-state index contributed by atoms with van der Waals surface area (Å²) in [5.41, 5.74) is 2.66. The van der Waals surface area contributed by atoms with Crippen molar-refractivity contribution in [1.29, 1.82) is 0 Å². The Balaban J connectivity index is 1.62. The maximum absolute atomic E-state index is 11.9. The van der Waals surface area contributed by atoms with E-state index < -0.39 is 0 Å². The Bertz CT molecular complexity index is 669. The first-order chi connectivity index (χ1) is 11.2. The van der Waals surface area contributed by atoms with Gasteiger partial charge in [0.25, 0.3) is 5.89 Å². The molecule has 1 aliphatic rings. The number of nitrogens with zero attached hydrogens (tertiary/aromatic N) is 4. The van der Waals surface area contributed by atoms with E-state index in [1.54, 1.807) is 5.51 Å². The Morgan fingerprint density at radius 3 is 3.17 bits per heavy atom. The molecule has 1 fully saturated rings. The van der Waals surface area contributed by atoms with Crippen LogP contribution in [0.2, 0.25) is 0 Å². The quantitative estimate of drug-likeness (QED) is 0.775. The third-order valence-corrected chi connectivity index (χ3v) is 4.81. The number of rotatable bonds is 5. The normalized spacial score (nSPS) is 19.0. The number of hydrogen-bond acceptors (Lipinski definition) is 8. The summed E-state index contributed by atoms with van der Waals surface area (Å²) in [5, 5.41) is 4.05. The second kappa shape index (κ2) is 7.18. The number of carbonyl (C=O) groups excluding carboxylic acids is 1. The lowest BCUT2D eigenvalue weighted by Gasteiger charge is -2.30. The Hall–Kier alpha value is -1.80. The number of likely N-dealkylation sites (tertiary alicyclic amines) is 1. The van der Waals surface area contributed by atoms with E-state index in [2.05, 4.69) is 20.0 Å². The molecule has 0 saturated carbocycles. The minimum absolute atomic E-state index is 0.0567. The van der Waals surface area contributed by atoms with Crippen LogP contribution in [0.1, 0.15) is 31.3 Å². The molecule has 2 aromatic rings. The Morgan fingerprint density at radius 2 is 2.43 bits per heavy atom. The van der Waals surface area contributed by atoms with Crippen LogP contribution in [0.3, 0.4) is 0 Å². The molecule has 3 rings (SSSR count). The molecule has 0 bridgehead atoms. The third kappa shape index (κ3) is 3.76. The van der Waals surface area contributed by atoms with Crippen LogP contribution in [0, 0.1) is 12.8 Å². The zero-order chi connectivity index (χ0) is 16.2. The maximum Gasteiger partial charge on any atom is 0.310 e. The summed E-state index contributed by atoms with van der Waals surface area (Å²) >= 11 is 1.49. The van der Waals surface area contributed by atoms with E-state index in [1.807, 2.05) is 13.8 Å². The van der Waals surface area contributed by atoms with Gasteiger partial charge in [-0.3, -0.25) is 9.69 Å². The standard InChI is InChI=1S/C15H20N4O3S/c1-3-21-15(20)11-5-4-6-19(7-11)8-12-17-14(22-18-12)13-10(2)16-9-23-13/h9,11H,3-8H2,1-2H3. The number of hydrogen-bond donors (Lipinski definition) is 0. The van der Waals surface area contributed by atoms with E-state index in [9.17, 15) is 4.79 Å².